The number of methoxy groups -OCH3 is 2. The van der Waals surface area contributed by atoms with E-state index < -0.39 is 34.8 Å². The maximum Gasteiger partial charge on any atom is 0.371 e. The minimum Gasteiger partial charge on any atom is -0.496 e. The maximum absolute atomic E-state index is 14.5. The van der Waals surface area contributed by atoms with E-state index in [-0.39, 0.29) is 10.7 Å². The lowest BCUT2D eigenvalue weighted by atomic mass is 10.0. The summed E-state index contributed by atoms with van der Waals surface area (Å²) in [7, 11) is 2.65. The third kappa shape index (κ3) is 7.84. The Morgan fingerprint density at radius 2 is 1.85 bits per heavy atom. The maximum atomic E-state index is 14.5. The predicted molar refractivity (Wildman–Crippen MR) is 145 cm³/mol. The fraction of sp³-hybridized carbons (Fsp3) is 0.321. The number of hydrogen-bond acceptors (Lipinski definition) is 7. The third-order valence-corrected chi connectivity index (χ3v) is 6.48. The monoisotopic (exact) mass is 560 g/mol. The van der Waals surface area contributed by atoms with Gasteiger partial charge in [-0.1, -0.05) is 25.5 Å². The van der Waals surface area contributed by atoms with Crippen LogP contribution in [0.25, 0.3) is 17.3 Å². The first-order valence-corrected chi connectivity index (χ1v) is 13.2. The second-order valence-corrected chi connectivity index (χ2v) is 9.29. The Bertz CT molecular complexity index is 1320. The second-order valence-electron chi connectivity index (χ2n) is 8.43. The van der Waals surface area contributed by atoms with Crippen molar-refractivity contribution in [2.45, 2.75) is 32.6 Å². The Kier molecular flexibility index (Phi) is 10.9. The molecule has 0 aliphatic rings. The molecule has 0 aliphatic heterocycles. The number of aryl methyl sites for hydroxylation is 1. The number of halogens is 2. The number of benzene rings is 2. The number of nitrogens with zero attached hydrogens (tertiary/aromatic N) is 1. The van der Waals surface area contributed by atoms with Gasteiger partial charge in [0.2, 0.25) is 5.76 Å². The number of ether oxygens (including phenoxy) is 3. The molecule has 11 heteroatoms. The van der Waals surface area contributed by atoms with Gasteiger partial charge < -0.3 is 19.3 Å². The van der Waals surface area contributed by atoms with Gasteiger partial charge in [-0.25, -0.2) is 18.6 Å². The van der Waals surface area contributed by atoms with Gasteiger partial charge in [-0.2, -0.15) is 0 Å². The lowest BCUT2D eigenvalue weighted by molar-refractivity contribution is -0.135. The molecule has 1 amide bonds. The van der Waals surface area contributed by atoms with E-state index in [0.29, 0.717) is 24.1 Å². The predicted octanol–water partition coefficient (Wildman–Crippen LogP) is 6.17. The fourth-order valence-electron chi connectivity index (χ4n) is 3.75. The summed E-state index contributed by atoms with van der Waals surface area (Å²) < 4.78 is 45.0. The lowest BCUT2D eigenvalue weighted by Gasteiger charge is -2.12. The zero-order chi connectivity index (χ0) is 28.4. The Morgan fingerprint density at radius 3 is 2.49 bits per heavy atom. The molecule has 39 heavy (non-hydrogen) atoms. The highest BCUT2D eigenvalue weighted by molar-refractivity contribution is 7.14. The average molecular weight is 561 g/mol. The van der Waals surface area contributed by atoms with Gasteiger partial charge >= 0.3 is 5.97 Å². The first-order chi connectivity index (χ1) is 18.8. The highest BCUT2D eigenvalue weighted by atomic mass is 32.1. The smallest absolute Gasteiger partial charge is 0.371 e. The van der Waals surface area contributed by atoms with Crippen molar-refractivity contribution in [3.05, 3.63) is 69.8 Å². The molecular weight excluding hydrogens is 530 g/mol. The summed E-state index contributed by atoms with van der Waals surface area (Å²) >= 11 is 1.15. The van der Waals surface area contributed by atoms with E-state index in [1.165, 1.54) is 0 Å². The molecule has 0 saturated heterocycles. The minimum absolute atomic E-state index is 0.226. The number of nitrogens with one attached hydrogen (secondary N) is 1. The summed E-state index contributed by atoms with van der Waals surface area (Å²) in [6.45, 7) is 3.53. The Hall–Kier alpha value is -3.83. The SMILES string of the molecule is CCCCOCCCc1cccc(-c2csc(NC(=O)c3cc(F)c(C=C(OC)C(=O)O)c(F)c3)n2)c1OC. The number of anilines is 1. The number of carboxylic acids is 1. The van der Waals surface area contributed by atoms with Crippen LogP contribution in [0.3, 0.4) is 0 Å². The van der Waals surface area contributed by atoms with Gasteiger partial charge in [-0.3, -0.25) is 10.1 Å². The summed E-state index contributed by atoms with van der Waals surface area (Å²) in [5, 5.41) is 13.5. The molecule has 0 aliphatic carbocycles. The van der Waals surface area contributed by atoms with Gasteiger partial charge in [0.05, 0.1) is 19.9 Å². The van der Waals surface area contributed by atoms with E-state index in [1.807, 2.05) is 18.2 Å². The molecule has 0 unspecified atom stereocenters. The summed E-state index contributed by atoms with van der Waals surface area (Å²) in [6, 6.07) is 7.38. The second kappa shape index (κ2) is 14.4. The van der Waals surface area contributed by atoms with Crippen molar-refractivity contribution in [1.82, 2.24) is 4.98 Å². The van der Waals surface area contributed by atoms with Crippen LogP contribution in [-0.2, 0) is 20.7 Å². The molecule has 208 valence electrons. The molecule has 0 atom stereocenters. The summed E-state index contributed by atoms with van der Waals surface area (Å²) in [6.07, 6.45) is 4.44. The van der Waals surface area contributed by atoms with Crippen LogP contribution in [0.5, 0.6) is 5.75 Å². The van der Waals surface area contributed by atoms with E-state index in [2.05, 4.69) is 22.0 Å². The molecular formula is C28H30F2N2O6S. The number of aliphatic carboxylic acids is 1. The van der Waals surface area contributed by atoms with Crippen LogP contribution in [-0.4, -0.2) is 49.4 Å². The molecule has 3 rings (SSSR count). The first kappa shape index (κ1) is 29.7. The Balaban J connectivity index is 1.74. The topological polar surface area (TPSA) is 107 Å². The fourth-order valence-corrected chi connectivity index (χ4v) is 4.46. The van der Waals surface area contributed by atoms with Gasteiger partial charge in [-0.05, 0) is 43.0 Å². The standard InChI is InChI=1S/C28H30F2N2O6S/c1-4-5-11-38-12-7-9-17-8-6-10-19(25(17)37-3)23-16-39-28(31-23)32-26(33)18-13-21(29)20(22(30)14-18)15-24(36-2)27(34)35/h6,8,10,13-16H,4-5,7,9,11-12H2,1-3H3,(H,34,35)(H,31,32,33). The molecule has 2 N–H and O–H groups in total. The normalized spacial score (nSPS) is 11.4. The number of carbonyl (C=O) groups excluding carboxylic acids is 1. The first-order valence-electron chi connectivity index (χ1n) is 12.3. The molecule has 0 fully saturated rings. The molecule has 8 nitrogen and oxygen atoms in total. The minimum atomic E-state index is -1.49. The number of carboxylic acid groups (broad SMARTS) is 1. The summed E-state index contributed by atoms with van der Waals surface area (Å²) in [5.41, 5.74) is 1.40. The number of amides is 1. The molecule has 0 spiro atoms. The highest BCUT2D eigenvalue weighted by Gasteiger charge is 2.19. The van der Waals surface area contributed by atoms with Crippen molar-refractivity contribution in [3.63, 3.8) is 0 Å². The summed E-state index contributed by atoms with van der Waals surface area (Å²) in [5.74, 6) is -4.48. The van der Waals surface area contributed by atoms with Crippen LogP contribution < -0.4 is 10.1 Å². The van der Waals surface area contributed by atoms with Crippen molar-refractivity contribution in [2.75, 3.05) is 32.8 Å². The van der Waals surface area contributed by atoms with Crippen LogP contribution in [0.4, 0.5) is 13.9 Å². The van der Waals surface area contributed by atoms with E-state index in [9.17, 15) is 18.4 Å². The molecule has 1 heterocycles. The Morgan fingerprint density at radius 1 is 1.13 bits per heavy atom. The van der Waals surface area contributed by atoms with Crippen LogP contribution in [0.2, 0.25) is 0 Å². The van der Waals surface area contributed by atoms with E-state index in [4.69, 9.17) is 14.6 Å². The lowest BCUT2D eigenvalue weighted by Crippen LogP contribution is -2.13. The Labute approximate surface area is 229 Å². The van der Waals surface area contributed by atoms with Gasteiger partial charge in [0.1, 0.15) is 17.4 Å². The van der Waals surface area contributed by atoms with E-state index in [1.54, 1.807) is 12.5 Å². The zero-order valence-corrected chi connectivity index (χ0v) is 22.7. The zero-order valence-electron chi connectivity index (χ0n) is 21.9. The van der Waals surface area contributed by atoms with E-state index >= 15 is 0 Å². The summed E-state index contributed by atoms with van der Waals surface area (Å²) in [4.78, 5) is 28.2. The van der Waals surface area contributed by atoms with E-state index in [0.717, 1.165) is 74.0 Å². The van der Waals surface area contributed by atoms with Crippen molar-refractivity contribution in [2.24, 2.45) is 0 Å². The average Bonchev–Trinajstić information content (AvgIpc) is 3.38. The largest absolute Gasteiger partial charge is 0.496 e. The van der Waals surface area contributed by atoms with Crippen molar-refractivity contribution >= 4 is 34.4 Å². The molecule has 0 radical (unpaired) electrons. The number of hydrogen-bond donors (Lipinski definition) is 2. The van der Waals surface area contributed by atoms with Gasteiger partial charge in [0.25, 0.3) is 5.91 Å². The van der Waals surface area contributed by atoms with Crippen molar-refractivity contribution < 1.29 is 37.7 Å². The molecule has 0 saturated carbocycles. The molecule has 3 aromatic rings. The number of carbonyl (C=O) groups is 2. The number of para-hydroxylation sites is 1. The number of thiazole rings is 1. The van der Waals surface area contributed by atoms with Gasteiger partial charge in [-0.15, -0.1) is 11.3 Å². The molecule has 1 aromatic heterocycles. The quantitative estimate of drug-likeness (QED) is 0.138. The number of rotatable bonds is 14. The highest BCUT2D eigenvalue weighted by Crippen LogP contribution is 2.35. The van der Waals surface area contributed by atoms with Gasteiger partial charge in [0, 0.05) is 41.4 Å². The van der Waals surface area contributed by atoms with Crippen molar-refractivity contribution in [1.29, 1.82) is 0 Å². The van der Waals surface area contributed by atoms with Crippen molar-refractivity contribution in [3.8, 4) is 17.0 Å². The number of aromatic nitrogens is 1. The third-order valence-electron chi connectivity index (χ3n) is 5.73. The van der Waals surface area contributed by atoms with Crippen LogP contribution in [0.1, 0.15) is 47.7 Å². The molecule has 0 bridgehead atoms. The van der Waals surface area contributed by atoms with Crippen LogP contribution in [0, 0.1) is 11.6 Å². The van der Waals surface area contributed by atoms with Gasteiger partial charge in [0.15, 0.2) is 5.13 Å². The van der Waals surface area contributed by atoms with Crippen LogP contribution in [0.15, 0.2) is 41.5 Å². The van der Waals surface area contributed by atoms with Crippen LogP contribution >= 0.6 is 11.3 Å². The number of unbranched alkanes of at least 4 members (excludes halogenated alkanes) is 1. The molecule has 2 aromatic carbocycles.